The summed E-state index contributed by atoms with van der Waals surface area (Å²) in [5, 5.41) is 9.38. The molecule has 0 amide bonds. The fourth-order valence-corrected chi connectivity index (χ4v) is 1.88. The predicted molar refractivity (Wildman–Crippen MR) is 59.8 cm³/mol. The Morgan fingerprint density at radius 1 is 1.33 bits per heavy atom. The number of ether oxygens (including phenoxy) is 1. The van der Waals surface area contributed by atoms with Gasteiger partial charge < -0.3 is 9.84 Å². The van der Waals surface area contributed by atoms with Crippen molar-refractivity contribution in [2.45, 2.75) is 37.9 Å². The number of rotatable bonds is 4. The molecule has 0 bridgehead atoms. The highest BCUT2D eigenvalue weighted by molar-refractivity contribution is 5.26. The Morgan fingerprint density at radius 2 is 1.93 bits per heavy atom. The van der Waals surface area contributed by atoms with E-state index < -0.39 is 0 Å². The summed E-state index contributed by atoms with van der Waals surface area (Å²) in [6, 6.07) is 8.15. The number of hydrogen-bond donors (Lipinski definition) is 1. The van der Waals surface area contributed by atoms with Gasteiger partial charge in [0.15, 0.2) is 0 Å². The molecule has 1 aliphatic rings. The van der Waals surface area contributed by atoms with Gasteiger partial charge in [0.05, 0.1) is 11.7 Å². The Hall–Kier alpha value is -0.860. The second-order valence-electron chi connectivity index (χ2n) is 4.48. The van der Waals surface area contributed by atoms with Crippen LogP contribution in [0.3, 0.4) is 0 Å². The van der Waals surface area contributed by atoms with E-state index in [9.17, 15) is 5.11 Å². The smallest absolute Gasteiger partial charge is 0.0761 e. The quantitative estimate of drug-likeness (QED) is 0.820. The molecule has 1 unspecified atom stereocenters. The fourth-order valence-electron chi connectivity index (χ4n) is 1.88. The van der Waals surface area contributed by atoms with Crippen LogP contribution in [0.1, 0.15) is 37.0 Å². The van der Waals surface area contributed by atoms with E-state index in [2.05, 4.69) is 12.1 Å². The zero-order chi connectivity index (χ0) is 10.9. The highest BCUT2D eigenvalue weighted by Crippen LogP contribution is 2.41. The first-order chi connectivity index (χ1) is 7.15. The first-order valence-corrected chi connectivity index (χ1v) is 5.47. The Bertz CT molecular complexity index is 323. The Labute approximate surface area is 90.9 Å². The molecule has 2 heteroatoms. The minimum atomic E-state index is -0.378. The van der Waals surface area contributed by atoms with Gasteiger partial charge in [-0.15, -0.1) is 0 Å². The molecular formula is C13H18O2. The van der Waals surface area contributed by atoms with E-state index in [0.29, 0.717) is 0 Å². The third-order valence-corrected chi connectivity index (χ3v) is 3.23. The van der Waals surface area contributed by atoms with Gasteiger partial charge in [0.25, 0.3) is 0 Å². The third-order valence-electron chi connectivity index (χ3n) is 3.23. The van der Waals surface area contributed by atoms with E-state index in [1.807, 2.05) is 12.1 Å². The molecule has 82 valence electrons. The molecule has 1 aromatic carbocycles. The van der Waals surface area contributed by atoms with E-state index in [0.717, 1.165) is 12.0 Å². The van der Waals surface area contributed by atoms with Crippen molar-refractivity contribution in [2.75, 3.05) is 7.11 Å². The van der Waals surface area contributed by atoms with E-state index in [-0.39, 0.29) is 11.7 Å². The molecule has 1 aliphatic carbocycles. The molecule has 0 aliphatic heterocycles. The summed E-state index contributed by atoms with van der Waals surface area (Å²) in [5.41, 5.74) is 2.38. The van der Waals surface area contributed by atoms with Crippen LogP contribution in [0.2, 0.25) is 0 Å². The van der Waals surface area contributed by atoms with Crippen LogP contribution in [0, 0.1) is 0 Å². The normalized spacial score (nSPS) is 19.9. The van der Waals surface area contributed by atoms with Crippen LogP contribution in [-0.2, 0) is 11.2 Å². The van der Waals surface area contributed by atoms with Crippen LogP contribution in [0.15, 0.2) is 24.3 Å². The molecule has 0 spiro atoms. The molecule has 1 saturated carbocycles. The molecular weight excluding hydrogens is 188 g/mol. The standard InChI is InChI=1S/C13H18O2/c1-10(14)12-5-3-11(4-6-12)9-13(15-2)7-8-13/h3-6,10,14H,7-9H2,1-2H3. The minimum Gasteiger partial charge on any atom is -0.389 e. The number of benzene rings is 1. The van der Waals surface area contributed by atoms with Crippen LogP contribution in [0.4, 0.5) is 0 Å². The lowest BCUT2D eigenvalue weighted by Crippen LogP contribution is -2.14. The van der Waals surface area contributed by atoms with Crippen LogP contribution in [0.25, 0.3) is 0 Å². The third kappa shape index (κ3) is 2.39. The van der Waals surface area contributed by atoms with E-state index in [4.69, 9.17) is 4.74 Å². The molecule has 0 radical (unpaired) electrons. The topological polar surface area (TPSA) is 29.5 Å². The minimum absolute atomic E-state index is 0.117. The second kappa shape index (κ2) is 3.95. The highest BCUT2D eigenvalue weighted by atomic mass is 16.5. The van der Waals surface area contributed by atoms with Crippen molar-refractivity contribution in [2.24, 2.45) is 0 Å². The molecule has 2 rings (SSSR count). The largest absolute Gasteiger partial charge is 0.389 e. The van der Waals surface area contributed by atoms with Gasteiger partial charge in [-0.05, 0) is 30.9 Å². The first-order valence-electron chi connectivity index (χ1n) is 5.47. The van der Waals surface area contributed by atoms with E-state index >= 15 is 0 Å². The zero-order valence-electron chi connectivity index (χ0n) is 9.36. The van der Waals surface area contributed by atoms with Gasteiger partial charge in [-0.25, -0.2) is 0 Å². The molecule has 0 saturated heterocycles. The number of aliphatic hydroxyl groups is 1. The summed E-state index contributed by atoms with van der Waals surface area (Å²) in [7, 11) is 1.79. The highest BCUT2D eigenvalue weighted by Gasteiger charge is 2.42. The van der Waals surface area contributed by atoms with Gasteiger partial charge in [0, 0.05) is 13.5 Å². The number of aliphatic hydroxyl groups excluding tert-OH is 1. The summed E-state index contributed by atoms with van der Waals surface area (Å²) >= 11 is 0. The van der Waals surface area contributed by atoms with Gasteiger partial charge in [0.2, 0.25) is 0 Å². The summed E-state index contributed by atoms with van der Waals surface area (Å²) in [5.74, 6) is 0. The van der Waals surface area contributed by atoms with Crippen LogP contribution in [-0.4, -0.2) is 17.8 Å². The van der Waals surface area contributed by atoms with Gasteiger partial charge in [-0.1, -0.05) is 24.3 Å². The number of methoxy groups -OCH3 is 1. The van der Waals surface area contributed by atoms with Crippen molar-refractivity contribution in [1.29, 1.82) is 0 Å². The first kappa shape index (κ1) is 10.7. The van der Waals surface area contributed by atoms with Crippen LogP contribution in [0.5, 0.6) is 0 Å². The van der Waals surface area contributed by atoms with Crippen molar-refractivity contribution in [1.82, 2.24) is 0 Å². The average molecular weight is 206 g/mol. The average Bonchev–Trinajstić information content (AvgIpc) is 2.99. The molecule has 1 atom stereocenters. The van der Waals surface area contributed by atoms with E-state index in [1.54, 1.807) is 14.0 Å². The summed E-state index contributed by atoms with van der Waals surface area (Å²) < 4.78 is 5.48. The summed E-state index contributed by atoms with van der Waals surface area (Å²) in [6.07, 6.45) is 2.95. The van der Waals surface area contributed by atoms with Crippen molar-refractivity contribution >= 4 is 0 Å². The lowest BCUT2D eigenvalue weighted by molar-refractivity contribution is 0.0807. The molecule has 1 N–H and O–H groups in total. The van der Waals surface area contributed by atoms with Gasteiger partial charge in [-0.3, -0.25) is 0 Å². The van der Waals surface area contributed by atoms with Crippen LogP contribution < -0.4 is 0 Å². The van der Waals surface area contributed by atoms with Gasteiger partial charge in [-0.2, -0.15) is 0 Å². The Balaban J connectivity index is 2.04. The lowest BCUT2D eigenvalue weighted by atomic mass is 10.0. The second-order valence-corrected chi connectivity index (χ2v) is 4.48. The molecule has 15 heavy (non-hydrogen) atoms. The maximum absolute atomic E-state index is 9.38. The Kier molecular flexibility index (Phi) is 2.81. The molecule has 1 fully saturated rings. The predicted octanol–water partition coefficient (Wildman–Crippen LogP) is 2.46. The van der Waals surface area contributed by atoms with Crippen molar-refractivity contribution in [3.63, 3.8) is 0 Å². The lowest BCUT2D eigenvalue weighted by Gasteiger charge is -2.13. The van der Waals surface area contributed by atoms with Crippen molar-refractivity contribution in [3.05, 3.63) is 35.4 Å². The summed E-state index contributed by atoms with van der Waals surface area (Å²) in [4.78, 5) is 0. The molecule has 0 aromatic heterocycles. The van der Waals surface area contributed by atoms with E-state index in [1.165, 1.54) is 18.4 Å². The fraction of sp³-hybridized carbons (Fsp3) is 0.538. The molecule has 2 nitrogen and oxygen atoms in total. The maximum Gasteiger partial charge on any atom is 0.0761 e. The SMILES string of the molecule is COC1(Cc2ccc(C(C)O)cc2)CC1. The maximum atomic E-state index is 9.38. The van der Waals surface area contributed by atoms with Gasteiger partial charge >= 0.3 is 0 Å². The van der Waals surface area contributed by atoms with Crippen LogP contribution >= 0.6 is 0 Å². The molecule has 1 aromatic rings. The Morgan fingerprint density at radius 3 is 2.33 bits per heavy atom. The zero-order valence-corrected chi connectivity index (χ0v) is 9.36. The van der Waals surface area contributed by atoms with Gasteiger partial charge in [0.1, 0.15) is 0 Å². The number of hydrogen-bond acceptors (Lipinski definition) is 2. The van der Waals surface area contributed by atoms with Crippen molar-refractivity contribution < 1.29 is 9.84 Å². The summed E-state index contributed by atoms with van der Waals surface area (Å²) in [6.45, 7) is 1.78. The monoisotopic (exact) mass is 206 g/mol. The molecule has 0 heterocycles. The van der Waals surface area contributed by atoms with Crippen molar-refractivity contribution in [3.8, 4) is 0 Å².